The predicted molar refractivity (Wildman–Crippen MR) is 60.4 cm³/mol. The van der Waals surface area contributed by atoms with Crippen molar-refractivity contribution in [2.75, 3.05) is 13.1 Å². The smallest absolute Gasteiger partial charge is 0.0125 e. The molecular formula is C12H24N2. The predicted octanol–water partition coefficient (Wildman–Crippen LogP) is 1.86. The summed E-state index contributed by atoms with van der Waals surface area (Å²) in [5, 5.41) is 3.62. The topological polar surface area (TPSA) is 15.3 Å². The monoisotopic (exact) mass is 196 g/mol. The number of hydrogen-bond donors (Lipinski definition) is 1. The van der Waals surface area contributed by atoms with Gasteiger partial charge in [0.25, 0.3) is 0 Å². The first-order valence-corrected chi connectivity index (χ1v) is 6.15. The SMILES string of the molecule is CC1CCN(C2CC(C)NC(C)C2)C1. The van der Waals surface area contributed by atoms with E-state index < -0.39 is 0 Å². The zero-order chi connectivity index (χ0) is 10.1. The Morgan fingerprint density at radius 1 is 1.07 bits per heavy atom. The van der Waals surface area contributed by atoms with Gasteiger partial charge in [-0.3, -0.25) is 4.90 Å². The van der Waals surface area contributed by atoms with Gasteiger partial charge < -0.3 is 5.32 Å². The van der Waals surface area contributed by atoms with Crippen LogP contribution < -0.4 is 5.32 Å². The van der Waals surface area contributed by atoms with E-state index in [9.17, 15) is 0 Å². The highest BCUT2D eigenvalue weighted by molar-refractivity contribution is 4.89. The summed E-state index contributed by atoms with van der Waals surface area (Å²) in [5.41, 5.74) is 0. The van der Waals surface area contributed by atoms with Crippen molar-refractivity contribution in [2.45, 2.75) is 58.2 Å². The van der Waals surface area contributed by atoms with Gasteiger partial charge >= 0.3 is 0 Å². The molecule has 1 N–H and O–H groups in total. The Morgan fingerprint density at radius 2 is 1.71 bits per heavy atom. The van der Waals surface area contributed by atoms with Gasteiger partial charge in [0, 0.05) is 24.7 Å². The van der Waals surface area contributed by atoms with Crippen LogP contribution in [0.3, 0.4) is 0 Å². The minimum atomic E-state index is 0.708. The van der Waals surface area contributed by atoms with Crippen LogP contribution in [0.2, 0.25) is 0 Å². The number of piperidine rings is 1. The van der Waals surface area contributed by atoms with Gasteiger partial charge in [0.2, 0.25) is 0 Å². The highest BCUT2D eigenvalue weighted by atomic mass is 15.2. The summed E-state index contributed by atoms with van der Waals surface area (Å²) >= 11 is 0. The van der Waals surface area contributed by atoms with E-state index in [0.29, 0.717) is 12.1 Å². The van der Waals surface area contributed by atoms with E-state index >= 15 is 0 Å². The molecule has 2 saturated heterocycles. The van der Waals surface area contributed by atoms with Crippen molar-refractivity contribution in [3.8, 4) is 0 Å². The maximum atomic E-state index is 3.62. The Balaban J connectivity index is 1.90. The molecule has 2 fully saturated rings. The Kier molecular flexibility index (Phi) is 3.13. The van der Waals surface area contributed by atoms with E-state index in [1.165, 1.54) is 32.4 Å². The second-order valence-electron chi connectivity index (χ2n) is 5.48. The fourth-order valence-electron chi connectivity index (χ4n) is 3.13. The lowest BCUT2D eigenvalue weighted by molar-refractivity contribution is 0.153. The first-order valence-electron chi connectivity index (χ1n) is 6.15. The van der Waals surface area contributed by atoms with Crippen LogP contribution >= 0.6 is 0 Å². The molecule has 2 aliphatic heterocycles. The molecule has 2 nitrogen and oxygen atoms in total. The van der Waals surface area contributed by atoms with Crippen molar-refractivity contribution in [3.05, 3.63) is 0 Å². The van der Waals surface area contributed by atoms with Crippen LogP contribution in [0.25, 0.3) is 0 Å². The van der Waals surface area contributed by atoms with Crippen LogP contribution in [0.4, 0.5) is 0 Å². The molecule has 0 spiro atoms. The maximum absolute atomic E-state index is 3.62. The average molecular weight is 196 g/mol. The average Bonchev–Trinajstić information content (AvgIpc) is 2.50. The van der Waals surface area contributed by atoms with Gasteiger partial charge in [-0.25, -0.2) is 0 Å². The number of rotatable bonds is 1. The molecule has 0 bridgehead atoms. The summed E-state index contributed by atoms with van der Waals surface area (Å²) in [7, 11) is 0. The summed E-state index contributed by atoms with van der Waals surface area (Å²) in [6.45, 7) is 9.70. The van der Waals surface area contributed by atoms with Gasteiger partial charge in [-0.05, 0) is 45.6 Å². The molecule has 0 radical (unpaired) electrons. The van der Waals surface area contributed by atoms with Crippen LogP contribution in [0.5, 0.6) is 0 Å². The number of nitrogens with one attached hydrogen (secondary N) is 1. The third-order valence-corrected chi connectivity index (χ3v) is 3.79. The van der Waals surface area contributed by atoms with Crippen LogP contribution in [0, 0.1) is 5.92 Å². The van der Waals surface area contributed by atoms with E-state index in [2.05, 4.69) is 31.0 Å². The Labute approximate surface area is 88.1 Å². The Hall–Kier alpha value is -0.0800. The lowest BCUT2D eigenvalue weighted by atomic mass is 9.94. The lowest BCUT2D eigenvalue weighted by Gasteiger charge is -2.38. The molecule has 3 unspecified atom stereocenters. The van der Waals surface area contributed by atoms with Crippen LogP contribution in [0.15, 0.2) is 0 Å². The second-order valence-corrected chi connectivity index (χ2v) is 5.48. The molecule has 82 valence electrons. The molecule has 0 amide bonds. The summed E-state index contributed by atoms with van der Waals surface area (Å²) in [4.78, 5) is 2.72. The molecule has 3 atom stereocenters. The van der Waals surface area contributed by atoms with E-state index in [1.807, 2.05) is 0 Å². The minimum Gasteiger partial charge on any atom is -0.312 e. The summed E-state index contributed by atoms with van der Waals surface area (Å²) in [5.74, 6) is 0.926. The largest absolute Gasteiger partial charge is 0.312 e. The molecule has 2 heterocycles. The quantitative estimate of drug-likeness (QED) is 0.688. The van der Waals surface area contributed by atoms with Gasteiger partial charge in [0.15, 0.2) is 0 Å². The minimum absolute atomic E-state index is 0.708. The standard InChI is InChI=1S/C12H24N2/c1-9-4-5-14(8-9)12-6-10(2)13-11(3)7-12/h9-13H,4-8H2,1-3H3. The lowest BCUT2D eigenvalue weighted by Crippen LogP contribution is -2.50. The highest BCUT2D eigenvalue weighted by Gasteiger charge is 2.31. The van der Waals surface area contributed by atoms with Crippen LogP contribution in [-0.4, -0.2) is 36.1 Å². The fourth-order valence-corrected chi connectivity index (χ4v) is 3.13. The number of hydrogen-bond acceptors (Lipinski definition) is 2. The molecule has 2 rings (SSSR count). The van der Waals surface area contributed by atoms with Gasteiger partial charge in [0.05, 0.1) is 0 Å². The zero-order valence-electron chi connectivity index (χ0n) is 9.79. The second kappa shape index (κ2) is 4.19. The number of likely N-dealkylation sites (tertiary alicyclic amines) is 1. The van der Waals surface area contributed by atoms with Crippen molar-refractivity contribution < 1.29 is 0 Å². The van der Waals surface area contributed by atoms with Crippen molar-refractivity contribution in [3.63, 3.8) is 0 Å². The first kappa shape index (κ1) is 10.4. The molecule has 0 aromatic carbocycles. The van der Waals surface area contributed by atoms with E-state index in [-0.39, 0.29) is 0 Å². The van der Waals surface area contributed by atoms with Gasteiger partial charge in [-0.1, -0.05) is 6.92 Å². The molecule has 0 saturated carbocycles. The fraction of sp³-hybridized carbons (Fsp3) is 1.00. The molecule has 0 aromatic rings. The zero-order valence-corrected chi connectivity index (χ0v) is 9.79. The van der Waals surface area contributed by atoms with Crippen molar-refractivity contribution in [2.24, 2.45) is 5.92 Å². The summed E-state index contributed by atoms with van der Waals surface area (Å²) in [6, 6.07) is 2.27. The summed E-state index contributed by atoms with van der Waals surface area (Å²) < 4.78 is 0. The van der Waals surface area contributed by atoms with E-state index in [1.54, 1.807) is 0 Å². The molecule has 0 aliphatic carbocycles. The highest BCUT2D eigenvalue weighted by Crippen LogP contribution is 2.25. The van der Waals surface area contributed by atoms with E-state index in [0.717, 1.165) is 12.0 Å². The van der Waals surface area contributed by atoms with Crippen LogP contribution in [-0.2, 0) is 0 Å². The van der Waals surface area contributed by atoms with Crippen molar-refractivity contribution in [1.82, 2.24) is 10.2 Å². The Morgan fingerprint density at radius 3 is 2.21 bits per heavy atom. The van der Waals surface area contributed by atoms with Crippen LogP contribution in [0.1, 0.15) is 40.0 Å². The van der Waals surface area contributed by atoms with Crippen molar-refractivity contribution in [1.29, 1.82) is 0 Å². The molecular weight excluding hydrogens is 172 g/mol. The molecule has 2 heteroatoms. The van der Waals surface area contributed by atoms with Crippen molar-refractivity contribution >= 4 is 0 Å². The molecule has 14 heavy (non-hydrogen) atoms. The summed E-state index contributed by atoms with van der Waals surface area (Å²) in [6.07, 6.45) is 4.10. The van der Waals surface area contributed by atoms with Gasteiger partial charge in [-0.2, -0.15) is 0 Å². The normalized spacial score (nSPS) is 45.6. The molecule has 0 aromatic heterocycles. The third-order valence-electron chi connectivity index (χ3n) is 3.79. The molecule has 2 aliphatic rings. The maximum Gasteiger partial charge on any atom is 0.0125 e. The van der Waals surface area contributed by atoms with E-state index in [4.69, 9.17) is 0 Å². The third kappa shape index (κ3) is 2.29. The number of nitrogens with zero attached hydrogens (tertiary/aromatic N) is 1. The first-order chi connectivity index (χ1) is 6.65. The van der Waals surface area contributed by atoms with Gasteiger partial charge in [-0.15, -0.1) is 0 Å². The Bertz CT molecular complexity index is 183. The van der Waals surface area contributed by atoms with Gasteiger partial charge in [0.1, 0.15) is 0 Å².